The molecule has 0 saturated carbocycles. The van der Waals surface area contributed by atoms with Crippen LogP contribution in [-0.2, 0) is 0 Å². The summed E-state index contributed by atoms with van der Waals surface area (Å²) in [6.07, 6.45) is 4.79. The Kier molecular flexibility index (Phi) is 12.5. The van der Waals surface area contributed by atoms with Gasteiger partial charge in [-0.3, -0.25) is 9.59 Å². The summed E-state index contributed by atoms with van der Waals surface area (Å²) >= 11 is 0. The van der Waals surface area contributed by atoms with Crippen molar-refractivity contribution in [2.45, 2.75) is 34.6 Å². The number of allylic oxidation sites excluding steroid dienone is 2. The largest absolute Gasteiger partial charge is 0.310 e. The summed E-state index contributed by atoms with van der Waals surface area (Å²) in [5.74, 6) is -0.272. The van der Waals surface area contributed by atoms with Gasteiger partial charge in [-0.1, -0.05) is 166 Å². The number of rotatable bonds is 7. The molecule has 8 aromatic rings. The van der Waals surface area contributed by atoms with Gasteiger partial charge in [-0.25, -0.2) is 0 Å². The minimum Gasteiger partial charge on any atom is -0.310 e. The molecule has 7 aromatic carbocycles. The number of carbonyl (C=O) groups excluding carboxylic acids is 2. The van der Waals surface area contributed by atoms with E-state index in [-0.39, 0.29) is 5.91 Å². The number of aldehydes is 1. The molecule has 0 bridgehead atoms. The number of para-hydroxylation sites is 2. The molecule has 4 heteroatoms. The maximum absolute atomic E-state index is 15.1. The summed E-state index contributed by atoms with van der Waals surface area (Å²) < 4.78 is 2.13. The molecule has 278 valence electrons. The monoisotopic (exact) mass is 732 g/mol. The van der Waals surface area contributed by atoms with Crippen LogP contribution in [0.1, 0.15) is 54.0 Å². The van der Waals surface area contributed by atoms with Crippen LogP contribution in [0.3, 0.4) is 0 Å². The third kappa shape index (κ3) is 7.60. The Bertz CT molecular complexity index is 2570. The van der Waals surface area contributed by atoms with E-state index in [1.165, 1.54) is 11.1 Å². The van der Waals surface area contributed by atoms with Crippen LogP contribution in [0.15, 0.2) is 176 Å². The van der Waals surface area contributed by atoms with Crippen molar-refractivity contribution >= 4 is 39.7 Å². The molecular formula is C52H48N2O2. The van der Waals surface area contributed by atoms with Crippen molar-refractivity contribution in [3.05, 3.63) is 193 Å². The Labute approximate surface area is 331 Å². The first-order valence-corrected chi connectivity index (χ1v) is 19.2. The summed E-state index contributed by atoms with van der Waals surface area (Å²) in [7, 11) is 1.81. The highest BCUT2D eigenvalue weighted by molar-refractivity contribution is 6.17. The SMILES string of the molecule is C/C=C\C.CC.Cc1ccccc1-c1ccc2c(c1)c1ccccc1n2-c1cccc(C=O)c1C(=O)N(C)c1c(-c2ccccc2)cccc1-c1ccccc1. The lowest BCUT2D eigenvalue weighted by Crippen LogP contribution is -2.29. The van der Waals surface area contributed by atoms with Gasteiger partial charge >= 0.3 is 0 Å². The van der Waals surface area contributed by atoms with E-state index in [1.807, 2.05) is 126 Å². The number of aromatic nitrogens is 1. The van der Waals surface area contributed by atoms with Crippen molar-refractivity contribution in [3.63, 3.8) is 0 Å². The molecule has 0 saturated heterocycles. The van der Waals surface area contributed by atoms with Crippen molar-refractivity contribution < 1.29 is 9.59 Å². The molecule has 1 aromatic heterocycles. The minimum absolute atomic E-state index is 0.272. The molecule has 1 heterocycles. The standard InChI is InChI=1S/C46H34N2O2.C4H8.C2H6/c1-31-15-9-10-21-36(31)34-27-28-42-40(29-34)39-22-11-12-25-41(39)48(42)43-26-13-20-35(30-49)44(43)46(50)47(2)45-37(32-16-5-3-6-17-32)23-14-24-38(45)33-18-7-4-8-19-33;1-3-4-2;1-2/h3-30H,1-2H3;3-4H,1-2H3;1-2H3/b;4-3-;. The van der Waals surface area contributed by atoms with Gasteiger partial charge in [0, 0.05) is 34.5 Å². The Balaban J connectivity index is 0.000000834. The van der Waals surface area contributed by atoms with E-state index >= 15 is 4.79 Å². The maximum atomic E-state index is 15.1. The number of amides is 1. The lowest BCUT2D eigenvalue weighted by Gasteiger charge is -2.26. The molecule has 0 aliphatic carbocycles. The quantitative estimate of drug-likeness (QED) is 0.121. The van der Waals surface area contributed by atoms with E-state index in [4.69, 9.17) is 0 Å². The summed E-state index contributed by atoms with van der Waals surface area (Å²) in [6.45, 7) is 10.1. The zero-order valence-electron chi connectivity index (χ0n) is 33.0. The van der Waals surface area contributed by atoms with Gasteiger partial charge in [0.25, 0.3) is 5.91 Å². The zero-order valence-corrected chi connectivity index (χ0v) is 33.0. The number of carbonyl (C=O) groups is 2. The van der Waals surface area contributed by atoms with Crippen LogP contribution < -0.4 is 4.90 Å². The number of nitrogens with zero attached hydrogens (tertiary/aromatic N) is 2. The van der Waals surface area contributed by atoms with E-state index in [0.29, 0.717) is 16.8 Å². The van der Waals surface area contributed by atoms with Gasteiger partial charge in [0.15, 0.2) is 6.29 Å². The minimum atomic E-state index is -0.272. The first-order chi connectivity index (χ1) is 27.5. The van der Waals surface area contributed by atoms with Gasteiger partial charge in [-0.05, 0) is 72.9 Å². The average molecular weight is 733 g/mol. The predicted octanol–water partition coefficient (Wildman–Crippen LogP) is 13.8. The Morgan fingerprint density at radius 1 is 0.554 bits per heavy atom. The Morgan fingerprint density at radius 3 is 1.70 bits per heavy atom. The predicted molar refractivity (Wildman–Crippen MR) is 238 cm³/mol. The maximum Gasteiger partial charge on any atom is 0.260 e. The van der Waals surface area contributed by atoms with Crippen LogP contribution in [0.5, 0.6) is 0 Å². The second-order valence-corrected chi connectivity index (χ2v) is 13.2. The van der Waals surface area contributed by atoms with E-state index in [9.17, 15) is 4.79 Å². The first-order valence-electron chi connectivity index (χ1n) is 19.2. The lowest BCUT2D eigenvalue weighted by molar-refractivity contribution is 0.0986. The van der Waals surface area contributed by atoms with Crippen LogP contribution in [0, 0.1) is 6.92 Å². The third-order valence-corrected chi connectivity index (χ3v) is 9.96. The van der Waals surface area contributed by atoms with Gasteiger partial charge in [-0.15, -0.1) is 0 Å². The number of aryl methyl sites for hydroxylation is 1. The normalized spacial score (nSPS) is 10.8. The highest BCUT2D eigenvalue weighted by Crippen LogP contribution is 2.41. The van der Waals surface area contributed by atoms with E-state index in [1.54, 1.807) is 11.0 Å². The fourth-order valence-corrected chi connectivity index (χ4v) is 7.25. The van der Waals surface area contributed by atoms with Crippen molar-refractivity contribution in [3.8, 4) is 39.1 Å². The van der Waals surface area contributed by atoms with Gasteiger partial charge < -0.3 is 9.47 Å². The molecule has 0 fully saturated rings. The highest BCUT2D eigenvalue weighted by atomic mass is 16.2. The molecule has 8 rings (SSSR count). The van der Waals surface area contributed by atoms with Crippen LogP contribution in [-0.4, -0.2) is 23.8 Å². The van der Waals surface area contributed by atoms with Crippen LogP contribution in [0.2, 0.25) is 0 Å². The highest BCUT2D eigenvalue weighted by Gasteiger charge is 2.27. The third-order valence-electron chi connectivity index (χ3n) is 9.96. The molecule has 0 unspecified atom stereocenters. The molecule has 0 aliphatic rings. The molecule has 0 atom stereocenters. The molecular weight excluding hydrogens is 685 g/mol. The van der Waals surface area contributed by atoms with Crippen molar-refractivity contribution in [2.24, 2.45) is 0 Å². The van der Waals surface area contributed by atoms with Crippen LogP contribution >= 0.6 is 0 Å². The lowest BCUT2D eigenvalue weighted by atomic mass is 9.94. The topological polar surface area (TPSA) is 42.3 Å². The average Bonchev–Trinajstić information content (AvgIpc) is 3.60. The summed E-state index contributed by atoms with van der Waals surface area (Å²) in [4.78, 5) is 29.6. The second kappa shape index (κ2) is 18.0. The van der Waals surface area contributed by atoms with E-state index < -0.39 is 0 Å². The number of hydrogen-bond donors (Lipinski definition) is 0. The van der Waals surface area contributed by atoms with Crippen LogP contribution in [0.25, 0.3) is 60.9 Å². The fraction of sp³-hybridized carbons (Fsp3) is 0.115. The number of benzene rings is 7. The number of anilines is 1. The Morgan fingerprint density at radius 2 is 1.09 bits per heavy atom. The Hall–Kier alpha value is -6.78. The van der Waals surface area contributed by atoms with E-state index in [2.05, 4.69) is 90.4 Å². The molecule has 4 nitrogen and oxygen atoms in total. The molecule has 0 radical (unpaired) electrons. The number of fused-ring (bicyclic) bond motifs is 3. The van der Waals surface area contributed by atoms with Gasteiger partial charge in [-0.2, -0.15) is 0 Å². The van der Waals surface area contributed by atoms with Crippen molar-refractivity contribution in [2.75, 3.05) is 11.9 Å². The molecule has 0 spiro atoms. The smallest absolute Gasteiger partial charge is 0.260 e. The molecule has 0 aliphatic heterocycles. The molecule has 56 heavy (non-hydrogen) atoms. The van der Waals surface area contributed by atoms with Gasteiger partial charge in [0.2, 0.25) is 0 Å². The molecule has 0 N–H and O–H groups in total. The summed E-state index contributed by atoms with van der Waals surface area (Å²) in [6, 6.07) is 55.0. The fourth-order valence-electron chi connectivity index (χ4n) is 7.25. The van der Waals surface area contributed by atoms with Gasteiger partial charge in [0.1, 0.15) is 0 Å². The van der Waals surface area contributed by atoms with Crippen molar-refractivity contribution in [1.29, 1.82) is 0 Å². The summed E-state index contributed by atoms with van der Waals surface area (Å²) in [5.41, 5.74) is 11.4. The van der Waals surface area contributed by atoms with Gasteiger partial charge in [0.05, 0.1) is 28.0 Å². The molecule has 1 amide bonds. The summed E-state index contributed by atoms with van der Waals surface area (Å²) in [5, 5.41) is 2.15. The van der Waals surface area contributed by atoms with Crippen LogP contribution in [0.4, 0.5) is 5.69 Å². The number of hydrogen-bond acceptors (Lipinski definition) is 2. The zero-order chi connectivity index (χ0) is 39.6. The van der Waals surface area contributed by atoms with E-state index in [0.717, 1.165) is 61.6 Å². The second-order valence-electron chi connectivity index (χ2n) is 13.2. The first kappa shape index (κ1) is 38.9. The van der Waals surface area contributed by atoms with Crippen molar-refractivity contribution in [1.82, 2.24) is 4.57 Å².